The second kappa shape index (κ2) is 9.66. The van der Waals surface area contributed by atoms with Crippen LogP contribution in [0.15, 0.2) is 24.3 Å². The van der Waals surface area contributed by atoms with Gasteiger partial charge in [0.1, 0.15) is 5.82 Å². The first-order valence-corrected chi connectivity index (χ1v) is 9.49. The number of hydrogen-bond acceptors (Lipinski definition) is 4. The number of hydrogen-bond donors (Lipinski definition) is 3. The summed E-state index contributed by atoms with van der Waals surface area (Å²) < 4.78 is 18.6. The van der Waals surface area contributed by atoms with Gasteiger partial charge in [-0.3, -0.25) is 4.79 Å². The highest BCUT2D eigenvalue weighted by molar-refractivity contribution is 5.89. The third kappa shape index (κ3) is 6.18. The average molecular weight is 378 g/mol. The fourth-order valence-corrected chi connectivity index (χ4v) is 3.53. The smallest absolute Gasteiger partial charge is 0.319 e. The van der Waals surface area contributed by atoms with Crippen molar-refractivity contribution in [3.8, 4) is 0 Å². The van der Waals surface area contributed by atoms with Crippen LogP contribution in [0.2, 0.25) is 0 Å². The molecule has 3 rings (SSSR count). The molecule has 0 aliphatic carbocycles. The van der Waals surface area contributed by atoms with E-state index in [1.165, 1.54) is 12.1 Å². The zero-order valence-electron chi connectivity index (χ0n) is 15.4. The van der Waals surface area contributed by atoms with Crippen LogP contribution in [0.25, 0.3) is 0 Å². The van der Waals surface area contributed by atoms with E-state index in [2.05, 4.69) is 16.0 Å². The van der Waals surface area contributed by atoms with E-state index in [9.17, 15) is 14.0 Å². The number of carbonyl (C=O) groups is 2. The van der Waals surface area contributed by atoms with Crippen LogP contribution >= 0.6 is 0 Å². The van der Waals surface area contributed by atoms with Crippen molar-refractivity contribution in [2.75, 3.05) is 44.7 Å². The highest BCUT2D eigenvalue weighted by atomic mass is 19.1. The average Bonchev–Trinajstić information content (AvgIpc) is 2.67. The molecule has 2 unspecified atom stereocenters. The molecule has 2 saturated heterocycles. The number of piperidine rings is 1. The first-order valence-electron chi connectivity index (χ1n) is 9.49. The molecular weight excluding hydrogens is 351 g/mol. The Hall–Kier alpha value is -2.19. The van der Waals surface area contributed by atoms with Crippen molar-refractivity contribution >= 4 is 17.6 Å². The SMILES string of the molecule is O=C(NCC1CCCN(C(=O)CC2COCCN2)C1)Nc1cccc(F)c1. The van der Waals surface area contributed by atoms with Crippen molar-refractivity contribution in [2.45, 2.75) is 25.3 Å². The molecule has 2 atom stereocenters. The molecule has 3 N–H and O–H groups in total. The molecule has 0 bridgehead atoms. The van der Waals surface area contributed by atoms with Gasteiger partial charge in [-0.25, -0.2) is 9.18 Å². The summed E-state index contributed by atoms with van der Waals surface area (Å²) in [5.41, 5.74) is 0.412. The molecule has 8 heteroatoms. The maximum atomic E-state index is 13.2. The summed E-state index contributed by atoms with van der Waals surface area (Å²) in [4.78, 5) is 26.4. The van der Waals surface area contributed by atoms with Crippen molar-refractivity contribution < 1.29 is 18.7 Å². The predicted octanol–water partition coefficient (Wildman–Crippen LogP) is 1.56. The Kier molecular flexibility index (Phi) is 7.00. The fourth-order valence-electron chi connectivity index (χ4n) is 3.53. The number of anilines is 1. The van der Waals surface area contributed by atoms with E-state index in [0.29, 0.717) is 38.4 Å². The summed E-state index contributed by atoms with van der Waals surface area (Å²) >= 11 is 0. The number of halogens is 1. The Morgan fingerprint density at radius 2 is 2.26 bits per heavy atom. The molecular formula is C19H27FN4O3. The lowest BCUT2D eigenvalue weighted by molar-refractivity contribution is -0.134. The summed E-state index contributed by atoms with van der Waals surface area (Å²) in [5.74, 6) is -0.0458. The molecule has 2 aliphatic rings. The molecule has 0 radical (unpaired) electrons. The van der Waals surface area contributed by atoms with Crippen molar-refractivity contribution in [1.82, 2.24) is 15.5 Å². The van der Waals surface area contributed by atoms with Crippen molar-refractivity contribution in [2.24, 2.45) is 5.92 Å². The van der Waals surface area contributed by atoms with Gasteiger partial charge in [-0.2, -0.15) is 0 Å². The standard InChI is InChI=1S/C19H27FN4O3/c20-15-4-1-5-16(9-15)23-19(26)22-11-14-3-2-7-24(12-14)18(25)10-17-13-27-8-6-21-17/h1,4-5,9,14,17,21H,2-3,6-8,10-13H2,(H2,22,23,26). The number of rotatable bonds is 5. The fraction of sp³-hybridized carbons (Fsp3) is 0.579. The maximum Gasteiger partial charge on any atom is 0.319 e. The van der Waals surface area contributed by atoms with Crippen LogP contribution in [0.5, 0.6) is 0 Å². The number of likely N-dealkylation sites (tertiary alicyclic amines) is 1. The molecule has 27 heavy (non-hydrogen) atoms. The third-order valence-electron chi connectivity index (χ3n) is 4.92. The van der Waals surface area contributed by atoms with Gasteiger partial charge in [0.05, 0.1) is 13.2 Å². The Balaban J connectivity index is 1.41. The molecule has 3 amide bonds. The minimum absolute atomic E-state index is 0.0850. The number of urea groups is 1. The molecule has 2 heterocycles. The van der Waals surface area contributed by atoms with Gasteiger partial charge in [-0.15, -0.1) is 0 Å². The van der Waals surface area contributed by atoms with Crippen LogP contribution in [0.4, 0.5) is 14.9 Å². The van der Waals surface area contributed by atoms with E-state index in [0.717, 1.165) is 25.9 Å². The topological polar surface area (TPSA) is 82.7 Å². The van der Waals surface area contributed by atoms with E-state index >= 15 is 0 Å². The summed E-state index contributed by atoms with van der Waals surface area (Å²) in [6.45, 7) is 3.94. The highest BCUT2D eigenvalue weighted by Gasteiger charge is 2.26. The lowest BCUT2D eigenvalue weighted by Gasteiger charge is -2.34. The van der Waals surface area contributed by atoms with Crippen LogP contribution in [-0.2, 0) is 9.53 Å². The number of benzene rings is 1. The number of ether oxygens (including phenoxy) is 1. The molecule has 2 aliphatic heterocycles. The molecule has 0 saturated carbocycles. The van der Waals surface area contributed by atoms with Crippen LogP contribution in [0, 0.1) is 11.7 Å². The van der Waals surface area contributed by atoms with Gasteiger partial charge in [0.2, 0.25) is 5.91 Å². The van der Waals surface area contributed by atoms with Crippen molar-refractivity contribution in [3.63, 3.8) is 0 Å². The van der Waals surface area contributed by atoms with Gasteiger partial charge in [0, 0.05) is 44.3 Å². The van der Waals surface area contributed by atoms with Crippen LogP contribution < -0.4 is 16.0 Å². The molecule has 1 aromatic carbocycles. The van der Waals surface area contributed by atoms with Gasteiger partial charge in [-0.1, -0.05) is 6.07 Å². The Bertz CT molecular complexity index is 652. The van der Waals surface area contributed by atoms with Crippen molar-refractivity contribution in [3.05, 3.63) is 30.1 Å². The van der Waals surface area contributed by atoms with Crippen LogP contribution in [0.3, 0.4) is 0 Å². The summed E-state index contributed by atoms with van der Waals surface area (Å²) in [6.07, 6.45) is 2.34. The van der Waals surface area contributed by atoms with Gasteiger partial charge >= 0.3 is 6.03 Å². The summed E-state index contributed by atoms with van der Waals surface area (Å²) in [6, 6.07) is 5.48. The molecule has 0 aromatic heterocycles. The van der Waals surface area contributed by atoms with Gasteiger partial charge in [-0.05, 0) is 37.0 Å². The lowest BCUT2D eigenvalue weighted by atomic mass is 9.97. The second-order valence-electron chi connectivity index (χ2n) is 7.12. The quantitative estimate of drug-likeness (QED) is 0.726. The van der Waals surface area contributed by atoms with E-state index in [1.807, 2.05) is 4.90 Å². The zero-order valence-corrected chi connectivity index (χ0v) is 15.4. The number of nitrogens with zero attached hydrogens (tertiary/aromatic N) is 1. The minimum Gasteiger partial charge on any atom is -0.378 e. The summed E-state index contributed by atoms with van der Waals surface area (Å²) in [7, 11) is 0. The molecule has 148 valence electrons. The summed E-state index contributed by atoms with van der Waals surface area (Å²) in [5, 5.41) is 8.74. The Morgan fingerprint density at radius 1 is 1.37 bits per heavy atom. The van der Waals surface area contributed by atoms with E-state index in [-0.39, 0.29) is 23.9 Å². The van der Waals surface area contributed by atoms with Crippen LogP contribution in [-0.4, -0.2) is 62.3 Å². The molecule has 2 fully saturated rings. The number of nitrogens with one attached hydrogen (secondary N) is 3. The first-order chi connectivity index (χ1) is 13.1. The number of carbonyl (C=O) groups excluding carboxylic acids is 2. The van der Waals surface area contributed by atoms with Gasteiger partial charge < -0.3 is 25.6 Å². The highest BCUT2D eigenvalue weighted by Crippen LogP contribution is 2.17. The van der Waals surface area contributed by atoms with Gasteiger partial charge in [0.25, 0.3) is 0 Å². The Morgan fingerprint density at radius 3 is 3.04 bits per heavy atom. The molecule has 7 nitrogen and oxygen atoms in total. The van der Waals surface area contributed by atoms with E-state index < -0.39 is 5.82 Å². The minimum atomic E-state index is -0.396. The zero-order chi connectivity index (χ0) is 19.1. The monoisotopic (exact) mass is 378 g/mol. The largest absolute Gasteiger partial charge is 0.378 e. The lowest BCUT2D eigenvalue weighted by Crippen LogP contribution is -2.48. The number of amides is 3. The Labute approximate surface area is 158 Å². The molecule has 0 spiro atoms. The van der Waals surface area contributed by atoms with Gasteiger partial charge in [0.15, 0.2) is 0 Å². The predicted molar refractivity (Wildman–Crippen MR) is 100.0 cm³/mol. The normalized spacial score (nSPS) is 22.9. The first kappa shape index (κ1) is 19.6. The number of morpholine rings is 1. The van der Waals surface area contributed by atoms with E-state index in [1.54, 1.807) is 12.1 Å². The third-order valence-corrected chi connectivity index (χ3v) is 4.92. The maximum absolute atomic E-state index is 13.2. The second-order valence-corrected chi connectivity index (χ2v) is 7.12. The van der Waals surface area contributed by atoms with Crippen LogP contribution in [0.1, 0.15) is 19.3 Å². The van der Waals surface area contributed by atoms with Crippen molar-refractivity contribution in [1.29, 1.82) is 0 Å². The molecule has 1 aromatic rings. The van der Waals surface area contributed by atoms with E-state index in [4.69, 9.17) is 4.74 Å².